The van der Waals surface area contributed by atoms with Crippen LogP contribution in [0.2, 0.25) is 0 Å². The van der Waals surface area contributed by atoms with E-state index < -0.39 is 17.2 Å². The first-order chi connectivity index (χ1) is 10.0. The fraction of sp³-hybridized carbons (Fsp3) is 0.375. The molecule has 1 aliphatic rings. The summed E-state index contributed by atoms with van der Waals surface area (Å²) in [6.07, 6.45) is 3.12. The van der Waals surface area contributed by atoms with Crippen LogP contribution >= 0.6 is 0 Å². The topological polar surface area (TPSA) is 48.3 Å². The van der Waals surface area contributed by atoms with Crippen LogP contribution < -0.4 is 5.43 Å². The third-order valence-electron chi connectivity index (χ3n) is 3.97. The minimum Gasteiger partial charge on any atom is -0.462 e. The van der Waals surface area contributed by atoms with Crippen molar-refractivity contribution in [3.05, 3.63) is 45.5 Å². The maximum atomic E-state index is 13.7. The highest BCUT2D eigenvalue weighted by molar-refractivity contribution is 5.94. The minimum absolute atomic E-state index is 0.0327. The van der Waals surface area contributed by atoms with E-state index >= 15 is 0 Å². The molecule has 2 aromatic rings. The van der Waals surface area contributed by atoms with Gasteiger partial charge in [-0.1, -0.05) is 0 Å². The van der Waals surface area contributed by atoms with Gasteiger partial charge in [-0.3, -0.25) is 4.79 Å². The quantitative estimate of drug-likeness (QED) is 0.799. The van der Waals surface area contributed by atoms with Crippen LogP contribution in [-0.2, 0) is 11.2 Å². The Kier molecular flexibility index (Phi) is 3.27. The Morgan fingerprint density at radius 2 is 2.24 bits per heavy atom. The number of carbonyl (C=O) groups excluding carboxylic acids is 1. The largest absolute Gasteiger partial charge is 0.462 e. The van der Waals surface area contributed by atoms with Crippen molar-refractivity contribution in [1.29, 1.82) is 0 Å². The molecule has 1 aliphatic heterocycles. The van der Waals surface area contributed by atoms with Crippen LogP contribution in [0.15, 0.2) is 23.1 Å². The smallest absolute Gasteiger partial charge is 0.343 e. The van der Waals surface area contributed by atoms with Crippen LogP contribution in [0, 0.1) is 5.82 Å². The van der Waals surface area contributed by atoms with Gasteiger partial charge in [0.1, 0.15) is 11.4 Å². The van der Waals surface area contributed by atoms with E-state index in [9.17, 15) is 14.0 Å². The summed E-state index contributed by atoms with van der Waals surface area (Å²) in [4.78, 5) is 24.4. The minimum atomic E-state index is -0.656. The molecule has 1 atom stereocenters. The van der Waals surface area contributed by atoms with Gasteiger partial charge in [-0.15, -0.1) is 0 Å². The fourth-order valence-corrected chi connectivity index (χ4v) is 2.94. The standard InChI is InChI=1S/C16H16FNO3/c1-3-21-16(20)13-8-18-9(2)4-5-10-6-11(17)7-12(14(10)18)15(13)19/h6-9H,3-5H2,1-2H3/t9-/m0/s1. The number of benzene rings is 1. The van der Waals surface area contributed by atoms with E-state index in [1.807, 2.05) is 11.5 Å². The second kappa shape index (κ2) is 4.98. The lowest BCUT2D eigenvalue weighted by Gasteiger charge is -2.26. The van der Waals surface area contributed by atoms with E-state index in [0.29, 0.717) is 0 Å². The molecular formula is C16H16FNO3. The van der Waals surface area contributed by atoms with Crippen LogP contribution in [0.1, 0.15) is 42.2 Å². The summed E-state index contributed by atoms with van der Waals surface area (Å²) in [6.45, 7) is 3.90. The highest BCUT2D eigenvalue weighted by Gasteiger charge is 2.24. The molecule has 1 aromatic carbocycles. The Hall–Kier alpha value is -2.17. The maximum Gasteiger partial charge on any atom is 0.343 e. The predicted molar refractivity (Wildman–Crippen MR) is 77.2 cm³/mol. The Morgan fingerprint density at radius 1 is 1.48 bits per heavy atom. The van der Waals surface area contributed by atoms with E-state index in [1.165, 1.54) is 12.1 Å². The van der Waals surface area contributed by atoms with Gasteiger partial charge in [0.2, 0.25) is 5.43 Å². The highest BCUT2D eigenvalue weighted by atomic mass is 19.1. The third kappa shape index (κ3) is 2.13. The van der Waals surface area contributed by atoms with Crippen molar-refractivity contribution in [2.75, 3.05) is 6.61 Å². The average Bonchev–Trinajstić information content (AvgIpc) is 2.45. The predicted octanol–water partition coefficient (Wildman–Crippen LogP) is 2.82. The lowest BCUT2D eigenvalue weighted by atomic mass is 9.96. The van der Waals surface area contributed by atoms with E-state index in [-0.39, 0.29) is 23.6 Å². The number of hydrogen-bond donors (Lipinski definition) is 0. The number of hydrogen-bond acceptors (Lipinski definition) is 3. The van der Waals surface area contributed by atoms with Gasteiger partial charge in [0, 0.05) is 17.6 Å². The zero-order valence-electron chi connectivity index (χ0n) is 12.0. The van der Waals surface area contributed by atoms with Crippen molar-refractivity contribution in [2.45, 2.75) is 32.7 Å². The molecule has 0 bridgehead atoms. The van der Waals surface area contributed by atoms with Gasteiger partial charge in [-0.25, -0.2) is 9.18 Å². The van der Waals surface area contributed by atoms with Crippen LogP contribution in [-0.4, -0.2) is 17.1 Å². The Balaban J connectivity index is 2.38. The first-order valence-electron chi connectivity index (χ1n) is 7.07. The Bertz CT molecular complexity index is 794. The van der Waals surface area contributed by atoms with Crippen molar-refractivity contribution in [1.82, 2.24) is 4.57 Å². The van der Waals surface area contributed by atoms with Crippen LogP contribution in [0.5, 0.6) is 0 Å². The van der Waals surface area contributed by atoms with Gasteiger partial charge in [0.05, 0.1) is 12.1 Å². The number of carbonyl (C=O) groups is 1. The summed E-state index contributed by atoms with van der Waals surface area (Å²) >= 11 is 0. The normalized spacial score (nSPS) is 17.0. The summed E-state index contributed by atoms with van der Waals surface area (Å²) in [5, 5.41) is 0.252. The zero-order valence-corrected chi connectivity index (χ0v) is 12.0. The first-order valence-corrected chi connectivity index (χ1v) is 7.07. The second-order valence-electron chi connectivity index (χ2n) is 5.35. The van der Waals surface area contributed by atoms with Crippen LogP contribution in [0.4, 0.5) is 4.39 Å². The highest BCUT2D eigenvalue weighted by Crippen LogP contribution is 2.30. The molecule has 110 valence electrons. The molecule has 21 heavy (non-hydrogen) atoms. The number of ether oxygens (including phenoxy) is 1. The number of pyridine rings is 1. The number of nitrogens with zero attached hydrogens (tertiary/aromatic N) is 1. The second-order valence-corrected chi connectivity index (χ2v) is 5.35. The number of rotatable bonds is 2. The Morgan fingerprint density at radius 3 is 2.95 bits per heavy atom. The molecule has 4 nitrogen and oxygen atoms in total. The third-order valence-corrected chi connectivity index (χ3v) is 3.97. The summed E-state index contributed by atoms with van der Waals surface area (Å²) in [5.41, 5.74) is 1.05. The summed E-state index contributed by atoms with van der Waals surface area (Å²) in [5.74, 6) is -1.10. The van der Waals surface area contributed by atoms with Gasteiger partial charge < -0.3 is 9.30 Å². The van der Waals surface area contributed by atoms with Crippen molar-refractivity contribution in [3.8, 4) is 0 Å². The van der Waals surface area contributed by atoms with Crippen molar-refractivity contribution in [3.63, 3.8) is 0 Å². The summed E-state index contributed by atoms with van der Waals surface area (Å²) < 4.78 is 20.5. The Labute approximate surface area is 121 Å². The molecule has 0 aliphatic carbocycles. The molecule has 3 rings (SSSR count). The van der Waals surface area contributed by atoms with Crippen molar-refractivity contribution < 1.29 is 13.9 Å². The molecule has 0 amide bonds. The lowest BCUT2D eigenvalue weighted by Crippen LogP contribution is -2.25. The maximum absolute atomic E-state index is 13.7. The number of esters is 1. The molecule has 2 heterocycles. The summed E-state index contributed by atoms with van der Waals surface area (Å²) in [6, 6.07) is 2.83. The molecule has 0 spiro atoms. The molecule has 0 saturated carbocycles. The molecular weight excluding hydrogens is 273 g/mol. The fourth-order valence-electron chi connectivity index (χ4n) is 2.94. The SMILES string of the molecule is CCOC(=O)c1cn2c3c(cc(F)cc3c1=O)CC[C@@H]2C. The van der Waals surface area contributed by atoms with Crippen molar-refractivity contribution in [2.24, 2.45) is 0 Å². The van der Waals surface area contributed by atoms with Crippen LogP contribution in [0.25, 0.3) is 10.9 Å². The van der Waals surface area contributed by atoms with Gasteiger partial charge in [-0.05, 0) is 44.4 Å². The lowest BCUT2D eigenvalue weighted by molar-refractivity contribution is 0.0524. The summed E-state index contributed by atoms with van der Waals surface area (Å²) in [7, 11) is 0. The monoisotopic (exact) mass is 289 g/mol. The van der Waals surface area contributed by atoms with Gasteiger partial charge in [0.25, 0.3) is 0 Å². The van der Waals surface area contributed by atoms with Gasteiger partial charge in [-0.2, -0.15) is 0 Å². The van der Waals surface area contributed by atoms with Crippen molar-refractivity contribution >= 4 is 16.9 Å². The van der Waals surface area contributed by atoms with E-state index in [0.717, 1.165) is 23.9 Å². The molecule has 5 heteroatoms. The molecule has 1 aromatic heterocycles. The molecule has 0 saturated heterocycles. The van der Waals surface area contributed by atoms with Crippen LogP contribution in [0.3, 0.4) is 0 Å². The van der Waals surface area contributed by atoms with E-state index in [4.69, 9.17) is 4.74 Å². The molecule has 0 radical (unpaired) electrons. The first kappa shape index (κ1) is 13.8. The van der Waals surface area contributed by atoms with Gasteiger partial charge >= 0.3 is 5.97 Å². The molecule has 0 unspecified atom stereocenters. The molecule has 0 N–H and O–H groups in total. The molecule has 0 fully saturated rings. The van der Waals surface area contributed by atoms with E-state index in [2.05, 4.69) is 0 Å². The van der Waals surface area contributed by atoms with Gasteiger partial charge in [0.15, 0.2) is 0 Å². The van der Waals surface area contributed by atoms with E-state index in [1.54, 1.807) is 13.1 Å². The number of aromatic nitrogens is 1. The number of halogens is 1. The number of aryl methyl sites for hydroxylation is 1. The zero-order chi connectivity index (χ0) is 15.1. The average molecular weight is 289 g/mol.